The number of hydrogen-bond acceptors (Lipinski definition) is 5. The Hall–Kier alpha value is -1.94. The van der Waals surface area contributed by atoms with Gasteiger partial charge in [-0.1, -0.05) is 0 Å². The molecule has 0 bridgehead atoms. The van der Waals surface area contributed by atoms with Crippen molar-refractivity contribution in [2.75, 3.05) is 31.1 Å². The minimum Gasteiger partial charge on any atom is -0.369 e. The van der Waals surface area contributed by atoms with Crippen molar-refractivity contribution in [2.45, 2.75) is 12.8 Å². The number of anilines is 1. The Balaban J connectivity index is 1.66. The zero-order valence-electron chi connectivity index (χ0n) is 13.1. The molecular weight excluding hydrogens is 341 g/mol. The third kappa shape index (κ3) is 3.44. The molecule has 1 aliphatic heterocycles. The summed E-state index contributed by atoms with van der Waals surface area (Å²) in [5.74, 6) is -0.970. The average molecular weight is 358 g/mol. The van der Waals surface area contributed by atoms with Crippen molar-refractivity contribution < 1.29 is 13.2 Å². The maximum Gasteiger partial charge on any atom is 0.451 e. The molecule has 0 radical (unpaired) electrons. The van der Waals surface area contributed by atoms with E-state index >= 15 is 0 Å². The maximum absolute atomic E-state index is 12.9. The van der Waals surface area contributed by atoms with E-state index in [0.717, 1.165) is 36.4 Å². The Labute approximate surface area is 142 Å². The van der Waals surface area contributed by atoms with Crippen LogP contribution in [0.1, 0.15) is 5.82 Å². The first kappa shape index (κ1) is 16.9. The van der Waals surface area contributed by atoms with Crippen LogP contribution in [0, 0.1) is 4.77 Å². The molecule has 3 rings (SSSR count). The topological polar surface area (TPSA) is 42.1 Å². The molecule has 0 N–H and O–H groups in total. The van der Waals surface area contributed by atoms with E-state index in [1.165, 1.54) is 11.7 Å². The van der Waals surface area contributed by atoms with Crippen LogP contribution in [0.15, 0.2) is 24.5 Å². The minimum atomic E-state index is -4.51. The molecule has 1 fully saturated rings. The van der Waals surface area contributed by atoms with Crippen molar-refractivity contribution in [1.82, 2.24) is 24.2 Å². The van der Waals surface area contributed by atoms with Gasteiger partial charge < -0.3 is 4.90 Å². The highest BCUT2D eigenvalue weighted by molar-refractivity contribution is 7.71. The Bertz CT molecular complexity index is 746. The molecule has 0 amide bonds. The first-order chi connectivity index (χ1) is 11.4. The van der Waals surface area contributed by atoms with Gasteiger partial charge in [-0.15, -0.1) is 5.10 Å². The summed E-state index contributed by atoms with van der Waals surface area (Å²) in [6.07, 6.45) is -1.02. The first-order valence-corrected chi connectivity index (χ1v) is 7.85. The van der Waals surface area contributed by atoms with E-state index in [1.807, 2.05) is 17.0 Å². The number of halogens is 3. The van der Waals surface area contributed by atoms with Gasteiger partial charge in [-0.3, -0.25) is 14.5 Å². The van der Waals surface area contributed by atoms with E-state index in [4.69, 9.17) is 12.2 Å². The molecule has 0 unspecified atom stereocenters. The van der Waals surface area contributed by atoms with E-state index in [-0.39, 0.29) is 11.4 Å². The molecule has 6 nitrogen and oxygen atoms in total. The summed E-state index contributed by atoms with van der Waals surface area (Å²) in [6.45, 7) is 3.28. The summed E-state index contributed by atoms with van der Waals surface area (Å²) >= 11 is 5.07. The van der Waals surface area contributed by atoms with Crippen LogP contribution in [-0.2, 0) is 19.9 Å². The molecule has 0 aromatic carbocycles. The lowest BCUT2D eigenvalue weighted by atomic mass is 10.3. The van der Waals surface area contributed by atoms with Crippen molar-refractivity contribution in [3.8, 4) is 0 Å². The van der Waals surface area contributed by atoms with Crippen LogP contribution in [0.25, 0.3) is 0 Å². The van der Waals surface area contributed by atoms with Gasteiger partial charge in [0.25, 0.3) is 0 Å². The number of pyridine rings is 1. The van der Waals surface area contributed by atoms with Gasteiger partial charge in [0, 0.05) is 51.3 Å². The number of alkyl halides is 3. The second-order valence-corrected chi connectivity index (χ2v) is 5.98. The fourth-order valence-electron chi connectivity index (χ4n) is 2.72. The van der Waals surface area contributed by atoms with Gasteiger partial charge in [0.05, 0.1) is 6.67 Å². The molecule has 1 saturated heterocycles. The van der Waals surface area contributed by atoms with E-state index in [2.05, 4.69) is 15.0 Å². The second-order valence-electron chi connectivity index (χ2n) is 5.61. The molecule has 130 valence electrons. The highest BCUT2D eigenvalue weighted by Crippen LogP contribution is 2.27. The van der Waals surface area contributed by atoms with Gasteiger partial charge in [-0.2, -0.15) is 13.2 Å². The van der Waals surface area contributed by atoms with Gasteiger partial charge in [-0.05, 0) is 24.4 Å². The van der Waals surface area contributed by atoms with Crippen molar-refractivity contribution in [2.24, 2.45) is 7.05 Å². The number of hydrogen-bond donors (Lipinski definition) is 0. The molecule has 10 heteroatoms. The lowest BCUT2D eigenvalue weighted by molar-refractivity contribution is -0.147. The molecule has 2 aromatic heterocycles. The predicted molar refractivity (Wildman–Crippen MR) is 85.1 cm³/mol. The number of aromatic nitrogens is 4. The lowest BCUT2D eigenvalue weighted by Gasteiger charge is -2.35. The van der Waals surface area contributed by atoms with Crippen LogP contribution in [0.3, 0.4) is 0 Å². The Kier molecular flexibility index (Phi) is 4.59. The van der Waals surface area contributed by atoms with Crippen molar-refractivity contribution in [3.63, 3.8) is 0 Å². The summed E-state index contributed by atoms with van der Waals surface area (Å²) in [6, 6.07) is 3.89. The SMILES string of the molecule is Cn1c(C(F)(F)F)nn(CN2CCN(c3ccncc3)CC2)c1=S. The Morgan fingerprint density at radius 1 is 1.12 bits per heavy atom. The van der Waals surface area contributed by atoms with Gasteiger partial charge >= 0.3 is 6.18 Å². The summed E-state index contributed by atoms with van der Waals surface area (Å²) in [5, 5.41) is 3.64. The van der Waals surface area contributed by atoms with Crippen LogP contribution >= 0.6 is 12.2 Å². The highest BCUT2D eigenvalue weighted by atomic mass is 32.1. The molecule has 0 saturated carbocycles. The summed E-state index contributed by atoms with van der Waals surface area (Å²) < 4.78 is 40.9. The summed E-state index contributed by atoms with van der Waals surface area (Å²) in [7, 11) is 1.29. The average Bonchev–Trinajstić information content (AvgIpc) is 2.85. The molecule has 0 spiro atoms. The molecule has 3 heterocycles. The molecule has 24 heavy (non-hydrogen) atoms. The fourth-order valence-corrected chi connectivity index (χ4v) is 2.90. The zero-order chi connectivity index (χ0) is 17.3. The predicted octanol–water partition coefficient (Wildman–Crippen LogP) is 2.14. The van der Waals surface area contributed by atoms with Crippen LogP contribution < -0.4 is 4.90 Å². The van der Waals surface area contributed by atoms with E-state index < -0.39 is 12.0 Å². The monoisotopic (exact) mass is 358 g/mol. The van der Waals surface area contributed by atoms with Crippen molar-refractivity contribution >= 4 is 17.9 Å². The van der Waals surface area contributed by atoms with Gasteiger partial charge in [-0.25, -0.2) is 4.68 Å². The third-order valence-electron chi connectivity index (χ3n) is 4.03. The van der Waals surface area contributed by atoms with Gasteiger partial charge in [0.15, 0.2) is 4.77 Å². The quantitative estimate of drug-likeness (QED) is 0.787. The second kappa shape index (κ2) is 6.52. The third-order valence-corrected chi connectivity index (χ3v) is 4.51. The Morgan fingerprint density at radius 3 is 2.29 bits per heavy atom. The smallest absolute Gasteiger partial charge is 0.369 e. The normalized spacial score (nSPS) is 16.6. The largest absolute Gasteiger partial charge is 0.451 e. The zero-order valence-corrected chi connectivity index (χ0v) is 13.9. The molecule has 2 aromatic rings. The summed E-state index contributed by atoms with van der Waals surface area (Å²) in [5.41, 5.74) is 1.10. The molecule has 0 aliphatic carbocycles. The van der Waals surface area contributed by atoms with Crippen LogP contribution in [0.5, 0.6) is 0 Å². The summed E-state index contributed by atoms with van der Waals surface area (Å²) in [4.78, 5) is 8.26. The first-order valence-electron chi connectivity index (χ1n) is 7.44. The molecular formula is C14H17F3N6S. The Morgan fingerprint density at radius 2 is 1.75 bits per heavy atom. The van der Waals surface area contributed by atoms with Crippen LogP contribution in [0.4, 0.5) is 18.9 Å². The van der Waals surface area contributed by atoms with Crippen LogP contribution in [-0.4, -0.2) is 50.4 Å². The maximum atomic E-state index is 12.9. The number of rotatable bonds is 3. The molecule has 0 atom stereocenters. The number of piperazine rings is 1. The highest BCUT2D eigenvalue weighted by Gasteiger charge is 2.37. The molecule has 1 aliphatic rings. The van der Waals surface area contributed by atoms with Crippen molar-refractivity contribution in [1.29, 1.82) is 0 Å². The lowest BCUT2D eigenvalue weighted by Crippen LogP contribution is -2.47. The van der Waals surface area contributed by atoms with Crippen LogP contribution in [0.2, 0.25) is 0 Å². The minimum absolute atomic E-state index is 0.0684. The van der Waals surface area contributed by atoms with E-state index in [9.17, 15) is 13.2 Å². The standard InChI is InChI=1S/C14H17F3N6S/c1-20-12(14(15,16)17)19-23(13(20)24)10-21-6-8-22(9-7-21)11-2-4-18-5-3-11/h2-5H,6-10H2,1H3. The van der Waals surface area contributed by atoms with Gasteiger partial charge in [0.1, 0.15) is 0 Å². The van der Waals surface area contributed by atoms with E-state index in [0.29, 0.717) is 0 Å². The van der Waals surface area contributed by atoms with E-state index in [1.54, 1.807) is 12.4 Å². The fraction of sp³-hybridized carbons (Fsp3) is 0.500. The number of nitrogens with zero attached hydrogens (tertiary/aromatic N) is 6. The van der Waals surface area contributed by atoms with Crippen molar-refractivity contribution in [3.05, 3.63) is 35.1 Å². The van der Waals surface area contributed by atoms with Gasteiger partial charge in [0.2, 0.25) is 5.82 Å².